The van der Waals surface area contributed by atoms with Gasteiger partial charge in [-0.25, -0.2) is 9.65 Å². The molecule has 1 saturated heterocycles. The maximum atomic E-state index is 13.7. The fourth-order valence-corrected chi connectivity index (χ4v) is 5.24. The van der Waals surface area contributed by atoms with Gasteiger partial charge < -0.3 is 15.3 Å². The largest absolute Gasteiger partial charge is 0.480 e. The van der Waals surface area contributed by atoms with E-state index in [-0.39, 0.29) is 13.2 Å². The molecule has 0 aromatic heterocycles. The van der Waals surface area contributed by atoms with Gasteiger partial charge in [-0.05, 0) is 37.8 Å². The Labute approximate surface area is 210 Å². The number of nitrogens with zero attached hydrogens (tertiary/aromatic N) is 1. The van der Waals surface area contributed by atoms with Gasteiger partial charge in [-0.1, -0.05) is 60.7 Å². The summed E-state index contributed by atoms with van der Waals surface area (Å²) in [5.74, 6) is -2.16. The molecule has 1 aliphatic heterocycles. The van der Waals surface area contributed by atoms with Gasteiger partial charge in [-0.3, -0.25) is 23.4 Å². The number of carboxylic acids is 1. The molecule has 1 fully saturated rings. The Morgan fingerprint density at radius 1 is 0.972 bits per heavy atom. The molecule has 2 amide bonds. The van der Waals surface area contributed by atoms with Crippen LogP contribution in [0.2, 0.25) is 0 Å². The van der Waals surface area contributed by atoms with Crippen LogP contribution in [0.3, 0.4) is 0 Å². The van der Waals surface area contributed by atoms with Gasteiger partial charge in [0.05, 0.1) is 19.3 Å². The molecule has 0 aliphatic carbocycles. The van der Waals surface area contributed by atoms with Crippen molar-refractivity contribution in [2.75, 3.05) is 6.54 Å². The van der Waals surface area contributed by atoms with Crippen molar-refractivity contribution in [1.82, 2.24) is 15.3 Å². The molecule has 3 rings (SSSR count). The highest BCUT2D eigenvalue weighted by atomic mass is 31.2. The number of likely N-dealkylation sites (tertiary alicyclic amines) is 1. The molecular formula is C25H32N3O7P. The second-order valence-electron chi connectivity index (χ2n) is 8.62. The first-order valence-electron chi connectivity index (χ1n) is 11.8. The molecule has 36 heavy (non-hydrogen) atoms. The van der Waals surface area contributed by atoms with E-state index < -0.39 is 43.7 Å². The number of aliphatic carboxylic acids is 1. The predicted molar refractivity (Wildman–Crippen MR) is 133 cm³/mol. The Morgan fingerprint density at radius 3 is 2.00 bits per heavy atom. The Kier molecular flexibility index (Phi) is 9.78. The number of amides is 2. The summed E-state index contributed by atoms with van der Waals surface area (Å²) >= 11 is 0. The minimum atomic E-state index is -3.96. The van der Waals surface area contributed by atoms with Crippen LogP contribution in [0.5, 0.6) is 0 Å². The summed E-state index contributed by atoms with van der Waals surface area (Å²) < 4.78 is 25.0. The van der Waals surface area contributed by atoms with E-state index in [0.717, 1.165) is 11.1 Å². The molecule has 3 atom stereocenters. The van der Waals surface area contributed by atoms with Crippen LogP contribution < -0.4 is 10.4 Å². The van der Waals surface area contributed by atoms with E-state index in [1.165, 1.54) is 18.7 Å². The van der Waals surface area contributed by atoms with E-state index >= 15 is 0 Å². The number of hydrogen-bond acceptors (Lipinski definition) is 6. The molecular weight excluding hydrogens is 485 g/mol. The van der Waals surface area contributed by atoms with Crippen molar-refractivity contribution in [3.63, 3.8) is 0 Å². The predicted octanol–water partition coefficient (Wildman–Crippen LogP) is 3.09. The van der Waals surface area contributed by atoms with Gasteiger partial charge in [-0.15, -0.1) is 0 Å². The van der Waals surface area contributed by atoms with Gasteiger partial charge in [0.2, 0.25) is 11.8 Å². The Hall–Kier alpha value is -3.04. The Balaban J connectivity index is 1.69. The van der Waals surface area contributed by atoms with Crippen LogP contribution >= 0.6 is 7.75 Å². The summed E-state index contributed by atoms with van der Waals surface area (Å²) in [6, 6.07) is 15.4. The molecule has 3 unspecified atom stereocenters. The molecule has 0 spiro atoms. The lowest BCUT2D eigenvalue weighted by molar-refractivity contribution is -0.143. The van der Waals surface area contributed by atoms with E-state index in [2.05, 4.69) is 10.4 Å². The van der Waals surface area contributed by atoms with Crippen molar-refractivity contribution in [2.24, 2.45) is 0 Å². The molecule has 11 heteroatoms. The lowest BCUT2D eigenvalue weighted by Gasteiger charge is -2.29. The average molecular weight is 518 g/mol. The van der Waals surface area contributed by atoms with Crippen molar-refractivity contribution in [1.29, 1.82) is 0 Å². The van der Waals surface area contributed by atoms with Crippen molar-refractivity contribution < 1.29 is 33.1 Å². The highest BCUT2D eigenvalue weighted by molar-refractivity contribution is 7.51. The van der Waals surface area contributed by atoms with Crippen LogP contribution in [-0.2, 0) is 41.2 Å². The maximum Gasteiger partial charge on any atom is 0.406 e. The van der Waals surface area contributed by atoms with Gasteiger partial charge >= 0.3 is 13.7 Å². The van der Waals surface area contributed by atoms with Crippen LogP contribution in [0, 0.1) is 0 Å². The summed E-state index contributed by atoms with van der Waals surface area (Å²) in [5, 5.41) is 14.2. The van der Waals surface area contributed by atoms with Crippen LogP contribution in [0.25, 0.3) is 0 Å². The zero-order valence-electron chi connectivity index (χ0n) is 20.3. The van der Waals surface area contributed by atoms with Crippen LogP contribution in [0.15, 0.2) is 60.7 Å². The number of rotatable bonds is 12. The summed E-state index contributed by atoms with van der Waals surface area (Å²) in [4.78, 5) is 38.3. The van der Waals surface area contributed by atoms with Crippen LogP contribution in [0.1, 0.15) is 37.8 Å². The second kappa shape index (κ2) is 12.8. The molecule has 0 saturated carbocycles. The fourth-order valence-electron chi connectivity index (χ4n) is 3.79. The molecule has 0 radical (unpaired) electrons. The molecule has 1 aliphatic rings. The first-order chi connectivity index (χ1) is 17.2. The van der Waals surface area contributed by atoms with Gasteiger partial charge in [0.15, 0.2) is 0 Å². The first-order valence-corrected chi connectivity index (χ1v) is 13.3. The highest BCUT2D eigenvalue weighted by Gasteiger charge is 2.39. The van der Waals surface area contributed by atoms with E-state index in [4.69, 9.17) is 14.2 Å². The quantitative estimate of drug-likeness (QED) is 0.366. The molecule has 0 bridgehead atoms. The summed E-state index contributed by atoms with van der Waals surface area (Å²) in [6.07, 6.45) is 0.994. The highest BCUT2D eigenvalue weighted by Crippen LogP contribution is 2.46. The third kappa shape index (κ3) is 7.73. The first kappa shape index (κ1) is 27.5. The topological polar surface area (TPSA) is 134 Å². The monoisotopic (exact) mass is 517 g/mol. The summed E-state index contributed by atoms with van der Waals surface area (Å²) in [6.45, 7) is 3.21. The minimum Gasteiger partial charge on any atom is -0.480 e. The number of carbonyl (C=O) groups excluding carboxylic acids is 2. The van der Waals surface area contributed by atoms with Crippen LogP contribution in [-0.4, -0.2) is 52.5 Å². The fraction of sp³-hybridized carbons (Fsp3) is 0.400. The number of carbonyl (C=O) groups is 3. The Morgan fingerprint density at radius 2 is 1.50 bits per heavy atom. The van der Waals surface area contributed by atoms with E-state index in [0.29, 0.717) is 19.4 Å². The summed E-state index contributed by atoms with van der Waals surface area (Å²) in [5.41, 5.74) is 1.57. The number of hydrogen-bond donors (Lipinski definition) is 3. The van der Waals surface area contributed by atoms with Gasteiger partial charge in [0, 0.05) is 6.54 Å². The van der Waals surface area contributed by atoms with Crippen molar-refractivity contribution in [2.45, 2.75) is 58.0 Å². The molecule has 1 heterocycles. The van der Waals surface area contributed by atoms with Gasteiger partial charge in [-0.2, -0.15) is 0 Å². The van der Waals surface area contributed by atoms with E-state index in [1.807, 2.05) is 60.7 Å². The molecule has 3 N–H and O–H groups in total. The van der Waals surface area contributed by atoms with Gasteiger partial charge in [0.25, 0.3) is 0 Å². The Bertz CT molecular complexity index is 1040. The van der Waals surface area contributed by atoms with Crippen molar-refractivity contribution >= 4 is 25.5 Å². The number of nitrogens with one attached hydrogen (secondary N) is 2. The van der Waals surface area contributed by atoms with Crippen molar-refractivity contribution in [3.8, 4) is 0 Å². The summed E-state index contributed by atoms with van der Waals surface area (Å²) in [7, 11) is -3.96. The lowest BCUT2D eigenvalue weighted by Crippen LogP contribution is -2.53. The SMILES string of the molecule is CC(NC(=O)C1CCCN1C(=O)C(C)NP(=O)(OCc1ccccc1)OCc1ccccc1)C(=O)O. The minimum absolute atomic E-state index is 0.00262. The molecule has 194 valence electrons. The smallest absolute Gasteiger partial charge is 0.406 e. The van der Waals surface area contributed by atoms with Crippen LogP contribution in [0.4, 0.5) is 0 Å². The molecule has 2 aromatic rings. The van der Waals surface area contributed by atoms with E-state index in [9.17, 15) is 18.9 Å². The third-order valence-electron chi connectivity index (χ3n) is 5.78. The zero-order valence-corrected chi connectivity index (χ0v) is 21.2. The van der Waals surface area contributed by atoms with Crippen molar-refractivity contribution in [3.05, 3.63) is 71.8 Å². The van der Waals surface area contributed by atoms with Gasteiger partial charge in [0.1, 0.15) is 12.1 Å². The third-order valence-corrected chi connectivity index (χ3v) is 7.42. The van der Waals surface area contributed by atoms with E-state index in [1.54, 1.807) is 0 Å². The second-order valence-corrected chi connectivity index (χ2v) is 10.4. The average Bonchev–Trinajstić information content (AvgIpc) is 3.37. The molecule has 2 aromatic carbocycles. The zero-order chi connectivity index (χ0) is 26.1. The maximum absolute atomic E-state index is 13.7. The standard InChI is InChI=1S/C25H32N3O7P/c1-18(24(30)28-15-9-14-22(28)23(29)26-19(2)25(31)32)27-36(33,34-16-20-10-5-3-6-11-20)35-17-21-12-7-4-8-13-21/h3-8,10-13,18-19,22H,9,14-17H2,1-2H3,(H,26,29)(H,27,33)(H,31,32). The lowest BCUT2D eigenvalue weighted by atomic mass is 10.1. The molecule has 10 nitrogen and oxygen atoms in total. The number of carboxylic acid groups (broad SMARTS) is 1. The normalized spacial score (nSPS) is 17.4. The number of benzene rings is 2.